The van der Waals surface area contributed by atoms with Gasteiger partial charge >= 0.3 is 0 Å². The molecule has 0 amide bonds. The van der Waals surface area contributed by atoms with Crippen molar-refractivity contribution in [2.24, 2.45) is 12.5 Å². The van der Waals surface area contributed by atoms with Crippen molar-refractivity contribution in [3.63, 3.8) is 0 Å². The molecule has 0 spiro atoms. The first kappa shape index (κ1) is 13.2. The van der Waals surface area contributed by atoms with E-state index in [2.05, 4.69) is 43.3 Å². The van der Waals surface area contributed by atoms with Gasteiger partial charge in [-0.05, 0) is 25.2 Å². The van der Waals surface area contributed by atoms with Crippen molar-refractivity contribution in [1.82, 2.24) is 20.3 Å². The maximum Gasteiger partial charge on any atom is 0.0738 e. The van der Waals surface area contributed by atoms with Gasteiger partial charge in [-0.1, -0.05) is 26.0 Å². The summed E-state index contributed by atoms with van der Waals surface area (Å²) in [5.74, 6) is 0. The fourth-order valence-electron chi connectivity index (χ4n) is 1.50. The van der Waals surface area contributed by atoms with Crippen LogP contribution in [0.2, 0.25) is 0 Å². The van der Waals surface area contributed by atoms with Gasteiger partial charge in [0.25, 0.3) is 0 Å². The van der Waals surface area contributed by atoms with Crippen LogP contribution in [0.3, 0.4) is 0 Å². The summed E-state index contributed by atoms with van der Waals surface area (Å²) in [4.78, 5) is 0. The molecule has 0 aliphatic rings. The molecule has 0 saturated heterocycles. The minimum atomic E-state index is 0.421. The smallest absolute Gasteiger partial charge is 0.0738 e. The van der Waals surface area contributed by atoms with Crippen molar-refractivity contribution in [1.29, 1.82) is 0 Å². The number of rotatable bonds is 5. The lowest BCUT2D eigenvalue weighted by atomic mass is 9.89. The normalized spacial score (nSPS) is 14.1. The number of hydrogen-bond donors (Lipinski definition) is 1. The predicted octanol–water partition coefficient (Wildman–Crippen LogP) is 2.12. The van der Waals surface area contributed by atoms with Crippen molar-refractivity contribution in [3.8, 4) is 0 Å². The van der Waals surface area contributed by atoms with Crippen LogP contribution >= 0.6 is 0 Å². The summed E-state index contributed by atoms with van der Waals surface area (Å²) in [6.45, 7) is 9.92. The van der Waals surface area contributed by atoms with E-state index < -0.39 is 0 Å². The SMILES string of the molecule is CC(CCC(C)(C)C)NCc1cnnn1C. The van der Waals surface area contributed by atoms with E-state index in [0.717, 1.165) is 12.2 Å². The van der Waals surface area contributed by atoms with E-state index in [-0.39, 0.29) is 0 Å². The molecule has 0 radical (unpaired) electrons. The van der Waals surface area contributed by atoms with Gasteiger partial charge in [0.05, 0.1) is 11.9 Å². The first-order chi connectivity index (χ1) is 7.38. The lowest BCUT2D eigenvalue weighted by molar-refractivity contribution is 0.335. The second-order valence-electron chi connectivity index (χ2n) is 5.73. The first-order valence-corrected chi connectivity index (χ1v) is 5.95. The average Bonchev–Trinajstić information content (AvgIpc) is 2.57. The second kappa shape index (κ2) is 5.43. The van der Waals surface area contributed by atoms with Gasteiger partial charge in [-0.3, -0.25) is 4.68 Å². The molecule has 1 aromatic heterocycles. The molecular weight excluding hydrogens is 200 g/mol. The molecule has 0 aliphatic heterocycles. The van der Waals surface area contributed by atoms with Crippen molar-refractivity contribution in [2.45, 2.75) is 53.1 Å². The highest BCUT2D eigenvalue weighted by Crippen LogP contribution is 2.21. The molecule has 1 rings (SSSR count). The molecule has 4 heteroatoms. The molecule has 1 N–H and O–H groups in total. The van der Waals surface area contributed by atoms with E-state index in [1.807, 2.05) is 17.9 Å². The lowest BCUT2D eigenvalue weighted by Gasteiger charge is -2.21. The summed E-state index contributed by atoms with van der Waals surface area (Å²) >= 11 is 0. The molecule has 92 valence electrons. The maximum absolute atomic E-state index is 3.91. The van der Waals surface area contributed by atoms with Gasteiger partial charge < -0.3 is 5.32 Å². The minimum Gasteiger partial charge on any atom is -0.309 e. The van der Waals surface area contributed by atoms with Gasteiger partial charge in [0.2, 0.25) is 0 Å². The Balaban J connectivity index is 2.25. The highest BCUT2D eigenvalue weighted by molar-refractivity contribution is 4.92. The van der Waals surface area contributed by atoms with Gasteiger partial charge in [0.15, 0.2) is 0 Å². The van der Waals surface area contributed by atoms with Gasteiger partial charge in [-0.15, -0.1) is 5.10 Å². The average molecular weight is 224 g/mol. The zero-order valence-electron chi connectivity index (χ0n) is 11.1. The molecule has 1 aromatic rings. The van der Waals surface area contributed by atoms with Crippen LogP contribution in [0.1, 0.15) is 46.2 Å². The van der Waals surface area contributed by atoms with Gasteiger partial charge in [-0.25, -0.2) is 0 Å². The van der Waals surface area contributed by atoms with Gasteiger partial charge in [0, 0.05) is 19.6 Å². The summed E-state index contributed by atoms with van der Waals surface area (Å²) in [5.41, 5.74) is 1.55. The number of hydrogen-bond acceptors (Lipinski definition) is 3. The van der Waals surface area contributed by atoms with Crippen molar-refractivity contribution in [2.75, 3.05) is 0 Å². The molecule has 0 aliphatic carbocycles. The molecule has 1 atom stereocenters. The third-order valence-corrected chi connectivity index (χ3v) is 2.77. The lowest BCUT2D eigenvalue weighted by Crippen LogP contribution is -2.27. The Kier molecular flexibility index (Phi) is 4.47. The molecule has 16 heavy (non-hydrogen) atoms. The summed E-state index contributed by atoms with van der Waals surface area (Å²) < 4.78 is 1.81. The number of aryl methyl sites for hydroxylation is 1. The maximum atomic E-state index is 3.91. The van der Waals surface area contributed by atoms with E-state index in [0.29, 0.717) is 11.5 Å². The molecule has 1 unspecified atom stereocenters. The predicted molar refractivity (Wildman–Crippen MR) is 66.0 cm³/mol. The molecule has 0 fully saturated rings. The van der Waals surface area contributed by atoms with Gasteiger partial charge in [0.1, 0.15) is 0 Å². The molecule has 0 aromatic carbocycles. The third-order valence-electron chi connectivity index (χ3n) is 2.77. The molecule has 0 saturated carbocycles. The van der Waals surface area contributed by atoms with Crippen LogP contribution in [0.5, 0.6) is 0 Å². The van der Waals surface area contributed by atoms with Crippen LogP contribution in [-0.2, 0) is 13.6 Å². The Morgan fingerprint density at radius 2 is 2.12 bits per heavy atom. The van der Waals surface area contributed by atoms with Crippen LogP contribution in [0.15, 0.2) is 6.20 Å². The van der Waals surface area contributed by atoms with Crippen LogP contribution in [0.25, 0.3) is 0 Å². The Morgan fingerprint density at radius 1 is 1.44 bits per heavy atom. The van der Waals surface area contributed by atoms with Crippen LogP contribution < -0.4 is 5.32 Å². The van der Waals surface area contributed by atoms with E-state index in [1.54, 1.807) is 0 Å². The quantitative estimate of drug-likeness (QED) is 0.833. The molecular formula is C12H24N4. The molecule has 4 nitrogen and oxygen atoms in total. The zero-order valence-corrected chi connectivity index (χ0v) is 11.1. The van der Waals surface area contributed by atoms with Crippen LogP contribution in [0, 0.1) is 5.41 Å². The summed E-state index contributed by atoms with van der Waals surface area (Å²) in [5, 5.41) is 11.3. The fourth-order valence-corrected chi connectivity index (χ4v) is 1.50. The van der Waals surface area contributed by atoms with E-state index in [1.165, 1.54) is 12.8 Å². The second-order valence-corrected chi connectivity index (χ2v) is 5.73. The fraction of sp³-hybridized carbons (Fsp3) is 0.833. The summed E-state index contributed by atoms with van der Waals surface area (Å²) in [6.07, 6.45) is 4.25. The highest BCUT2D eigenvalue weighted by Gasteiger charge is 2.12. The number of aromatic nitrogens is 3. The Bertz CT molecular complexity index is 311. The van der Waals surface area contributed by atoms with Gasteiger partial charge in [-0.2, -0.15) is 0 Å². The van der Waals surface area contributed by atoms with Crippen molar-refractivity contribution >= 4 is 0 Å². The third kappa shape index (κ3) is 4.75. The largest absolute Gasteiger partial charge is 0.309 e. The topological polar surface area (TPSA) is 42.7 Å². The Labute approximate surface area is 98.4 Å². The Hall–Kier alpha value is -0.900. The van der Waals surface area contributed by atoms with E-state index in [9.17, 15) is 0 Å². The van der Waals surface area contributed by atoms with E-state index in [4.69, 9.17) is 0 Å². The van der Waals surface area contributed by atoms with Crippen LogP contribution in [-0.4, -0.2) is 21.0 Å². The monoisotopic (exact) mass is 224 g/mol. The number of nitrogens with zero attached hydrogens (tertiary/aromatic N) is 3. The van der Waals surface area contributed by atoms with Crippen LogP contribution in [0.4, 0.5) is 0 Å². The van der Waals surface area contributed by atoms with E-state index >= 15 is 0 Å². The Morgan fingerprint density at radius 3 is 2.62 bits per heavy atom. The summed E-state index contributed by atoms with van der Waals surface area (Å²) in [6, 6.07) is 0.536. The minimum absolute atomic E-state index is 0.421. The standard InChI is InChI=1S/C12H24N4/c1-10(6-7-12(2,3)4)13-8-11-9-14-15-16(11)5/h9-10,13H,6-8H2,1-5H3. The number of nitrogens with one attached hydrogen (secondary N) is 1. The summed E-state index contributed by atoms with van der Waals surface area (Å²) in [7, 11) is 1.92. The molecule has 0 bridgehead atoms. The first-order valence-electron chi connectivity index (χ1n) is 5.95. The van der Waals surface area contributed by atoms with Crippen molar-refractivity contribution < 1.29 is 0 Å². The highest BCUT2D eigenvalue weighted by atomic mass is 15.4. The van der Waals surface area contributed by atoms with Crippen molar-refractivity contribution in [3.05, 3.63) is 11.9 Å². The molecule has 1 heterocycles. The zero-order chi connectivity index (χ0) is 12.2.